The van der Waals surface area contributed by atoms with Crippen LogP contribution >= 0.6 is 0 Å². The third-order valence-electron chi connectivity index (χ3n) is 4.41. The maximum absolute atomic E-state index is 12.7. The molecule has 0 saturated heterocycles. The molecule has 3 aromatic rings. The van der Waals surface area contributed by atoms with Crippen molar-refractivity contribution in [3.63, 3.8) is 0 Å². The van der Waals surface area contributed by atoms with E-state index in [4.69, 9.17) is 9.47 Å². The molecule has 0 saturated carbocycles. The second kappa shape index (κ2) is 10.2. The number of non-ortho nitro benzene ring substituents is 1. The number of nitro benzene ring substituents is 1. The van der Waals surface area contributed by atoms with Gasteiger partial charge in [-0.3, -0.25) is 19.7 Å². The van der Waals surface area contributed by atoms with E-state index >= 15 is 0 Å². The summed E-state index contributed by atoms with van der Waals surface area (Å²) in [6.45, 7) is 2.89. The van der Waals surface area contributed by atoms with Crippen LogP contribution in [0.15, 0.2) is 59.4 Å². The number of aryl methyl sites for hydroxylation is 1. The van der Waals surface area contributed by atoms with Gasteiger partial charge in [-0.15, -0.1) is 0 Å². The van der Waals surface area contributed by atoms with Crippen LogP contribution in [0, 0.1) is 17.0 Å². The molecule has 11 heteroatoms. The molecule has 0 spiro atoms. The van der Waals surface area contributed by atoms with Crippen LogP contribution in [-0.2, 0) is 9.53 Å². The van der Waals surface area contributed by atoms with E-state index in [1.807, 2.05) is 0 Å². The van der Waals surface area contributed by atoms with E-state index in [1.54, 1.807) is 38.1 Å². The molecule has 170 valence electrons. The number of anilines is 1. The molecule has 2 aromatic carbocycles. The Morgan fingerprint density at radius 2 is 1.91 bits per heavy atom. The van der Waals surface area contributed by atoms with E-state index in [1.165, 1.54) is 24.3 Å². The molecule has 3 rings (SSSR count). The third kappa shape index (κ3) is 5.58. The van der Waals surface area contributed by atoms with Crippen molar-refractivity contribution in [2.24, 2.45) is 0 Å². The van der Waals surface area contributed by atoms with Gasteiger partial charge >= 0.3 is 5.97 Å². The maximum atomic E-state index is 12.7. The van der Waals surface area contributed by atoms with Crippen molar-refractivity contribution in [2.75, 3.05) is 18.5 Å². The van der Waals surface area contributed by atoms with Crippen molar-refractivity contribution in [2.45, 2.75) is 13.8 Å². The van der Waals surface area contributed by atoms with E-state index in [9.17, 15) is 24.5 Å². The highest BCUT2D eigenvalue weighted by atomic mass is 16.6. The van der Waals surface area contributed by atoms with Crippen molar-refractivity contribution in [3.05, 3.63) is 86.3 Å². The number of nitrogens with one attached hydrogen (secondary N) is 1. The first kappa shape index (κ1) is 23.1. The van der Waals surface area contributed by atoms with Crippen molar-refractivity contribution in [3.8, 4) is 11.4 Å². The van der Waals surface area contributed by atoms with Crippen LogP contribution in [-0.4, -0.2) is 39.8 Å². The first-order chi connectivity index (χ1) is 15.8. The Labute approximate surface area is 187 Å². The van der Waals surface area contributed by atoms with Crippen molar-refractivity contribution < 1.29 is 24.0 Å². The molecule has 0 aliphatic heterocycles. The van der Waals surface area contributed by atoms with Crippen LogP contribution in [0.2, 0.25) is 0 Å². The Hall–Kier alpha value is -4.54. The number of para-hydroxylation sites is 1. The van der Waals surface area contributed by atoms with Crippen LogP contribution in [0.1, 0.15) is 23.0 Å². The fraction of sp³-hybridized carbons (Fsp3) is 0.182. The number of nitro groups is 1. The van der Waals surface area contributed by atoms with E-state index in [-0.39, 0.29) is 29.4 Å². The number of hydrogen-bond acceptors (Lipinski definition) is 8. The van der Waals surface area contributed by atoms with Gasteiger partial charge in [-0.2, -0.15) is 9.78 Å². The number of aromatic nitrogens is 2. The number of hydrogen-bond donors (Lipinski definition) is 1. The van der Waals surface area contributed by atoms with E-state index in [0.717, 1.165) is 16.3 Å². The average molecular weight is 452 g/mol. The molecule has 0 bridgehead atoms. The number of amides is 1. The Bertz CT molecular complexity index is 1270. The summed E-state index contributed by atoms with van der Waals surface area (Å²) in [7, 11) is 0. The molecule has 1 aromatic heterocycles. The van der Waals surface area contributed by atoms with Crippen molar-refractivity contribution in [1.29, 1.82) is 0 Å². The fourth-order valence-electron chi connectivity index (χ4n) is 2.90. The summed E-state index contributed by atoms with van der Waals surface area (Å²) in [4.78, 5) is 47.7. The minimum absolute atomic E-state index is 0.0662. The molecular formula is C22H20N4O7. The molecule has 1 N–H and O–H groups in total. The maximum Gasteiger partial charge on any atom is 0.362 e. The normalized spacial score (nSPS) is 10.4. The van der Waals surface area contributed by atoms with E-state index in [0.29, 0.717) is 5.69 Å². The number of carbonyl (C=O) groups is 2. The fourth-order valence-corrected chi connectivity index (χ4v) is 2.90. The number of esters is 1. The summed E-state index contributed by atoms with van der Waals surface area (Å²) in [6, 6.07) is 13.4. The van der Waals surface area contributed by atoms with Gasteiger partial charge in [0.2, 0.25) is 5.69 Å². The van der Waals surface area contributed by atoms with Gasteiger partial charge in [-0.25, -0.2) is 4.79 Å². The predicted octanol–water partition coefficient (Wildman–Crippen LogP) is 2.64. The van der Waals surface area contributed by atoms with Crippen molar-refractivity contribution in [1.82, 2.24) is 9.78 Å². The summed E-state index contributed by atoms with van der Waals surface area (Å²) in [5, 5.41) is 17.4. The molecule has 0 aliphatic rings. The number of carbonyl (C=O) groups excluding carboxylic acids is 2. The second-order valence-electron chi connectivity index (χ2n) is 6.76. The lowest BCUT2D eigenvalue weighted by Crippen LogP contribution is -2.27. The standard InChI is InChI=1S/C22H20N4O7/c1-3-32-22(29)21-18(12-20(28)25(24-21)17-10-5-4-7-14(17)2)33-13-19(27)23-15-8-6-9-16(11-15)26(30)31/h4-12H,3,13H2,1-2H3,(H,23,27). The smallest absolute Gasteiger partial charge is 0.362 e. The van der Waals surface area contributed by atoms with Crippen LogP contribution in [0.25, 0.3) is 5.69 Å². The summed E-state index contributed by atoms with van der Waals surface area (Å²) in [5.41, 5.74) is 0.378. The first-order valence-electron chi connectivity index (χ1n) is 9.84. The first-order valence-corrected chi connectivity index (χ1v) is 9.84. The quantitative estimate of drug-likeness (QED) is 0.312. The van der Waals surface area contributed by atoms with E-state index < -0.39 is 29.0 Å². The molecule has 33 heavy (non-hydrogen) atoms. The SMILES string of the molecule is CCOC(=O)c1nn(-c2ccccc2C)c(=O)cc1OCC(=O)Nc1cccc([N+](=O)[O-])c1. The zero-order valence-corrected chi connectivity index (χ0v) is 17.8. The molecule has 11 nitrogen and oxygen atoms in total. The minimum atomic E-state index is -0.825. The van der Waals surface area contributed by atoms with Gasteiger partial charge in [0.05, 0.1) is 23.3 Å². The van der Waals surface area contributed by atoms with Gasteiger partial charge in [-0.1, -0.05) is 24.3 Å². The Morgan fingerprint density at radius 1 is 1.15 bits per heavy atom. The lowest BCUT2D eigenvalue weighted by Gasteiger charge is -2.13. The van der Waals surface area contributed by atoms with Gasteiger partial charge in [0.25, 0.3) is 17.2 Å². The average Bonchev–Trinajstić information content (AvgIpc) is 2.78. The summed E-state index contributed by atoms with van der Waals surface area (Å²) in [5.74, 6) is -1.71. The molecule has 0 radical (unpaired) electrons. The second-order valence-corrected chi connectivity index (χ2v) is 6.76. The van der Waals surface area contributed by atoms with Gasteiger partial charge in [0.1, 0.15) is 0 Å². The zero-order chi connectivity index (χ0) is 24.0. The summed E-state index contributed by atoms with van der Waals surface area (Å²) < 4.78 is 11.5. The topological polar surface area (TPSA) is 143 Å². The molecule has 0 unspecified atom stereocenters. The number of benzene rings is 2. The Morgan fingerprint density at radius 3 is 2.61 bits per heavy atom. The lowest BCUT2D eigenvalue weighted by atomic mass is 10.2. The molecule has 1 amide bonds. The summed E-state index contributed by atoms with van der Waals surface area (Å²) >= 11 is 0. The highest BCUT2D eigenvalue weighted by molar-refractivity contribution is 5.93. The van der Waals surface area contributed by atoms with Crippen molar-refractivity contribution >= 4 is 23.3 Å². The van der Waals surface area contributed by atoms with Crippen LogP contribution < -0.4 is 15.6 Å². The van der Waals surface area contributed by atoms with Crippen LogP contribution in [0.4, 0.5) is 11.4 Å². The largest absolute Gasteiger partial charge is 0.481 e. The zero-order valence-electron chi connectivity index (χ0n) is 17.8. The molecular weight excluding hydrogens is 432 g/mol. The van der Waals surface area contributed by atoms with Gasteiger partial charge in [0, 0.05) is 17.8 Å². The van der Waals surface area contributed by atoms with Gasteiger partial charge < -0.3 is 14.8 Å². The number of ether oxygens (including phenoxy) is 2. The number of nitrogens with zero attached hydrogens (tertiary/aromatic N) is 3. The van der Waals surface area contributed by atoms with Gasteiger partial charge in [-0.05, 0) is 31.5 Å². The highest BCUT2D eigenvalue weighted by Gasteiger charge is 2.21. The summed E-state index contributed by atoms with van der Waals surface area (Å²) in [6.07, 6.45) is 0. The Kier molecular flexibility index (Phi) is 7.13. The Balaban J connectivity index is 1.85. The van der Waals surface area contributed by atoms with Gasteiger partial charge in [0.15, 0.2) is 12.4 Å². The monoisotopic (exact) mass is 452 g/mol. The predicted molar refractivity (Wildman–Crippen MR) is 118 cm³/mol. The molecule has 0 aliphatic carbocycles. The van der Waals surface area contributed by atoms with Crippen LogP contribution in [0.3, 0.4) is 0 Å². The van der Waals surface area contributed by atoms with E-state index in [2.05, 4.69) is 10.4 Å². The highest BCUT2D eigenvalue weighted by Crippen LogP contribution is 2.19. The lowest BCUT2D eigenvalue weighted by molar-refractivity contribution is -0.384. The molecule has 1 heterocycles. The third-order valence-corrected chi connectivity index (χ3v) is 4.41. The number of rotatable bonds is 8. The molecule has 0 atom stereocenters. The minimum Gasteiger partial charge on any atom is -0.481 e. The molecule has 0 fully saturated rings. The van der Waals surface area contributed by atoms with Crippen LogP contribution in [0.5, 0.6) is 5.75 Å².